The molecule has 1 aliphatic carbocycles. The molecule has 5 heteroatoms. The standard InChI is InChI=1S/C28H37FN2O2/c1-22-14-19-31(20-15-22)18-7-21-33-24-12-10-23(11-13-24)30-27(32)28(16-5-2-6-17-28)25-8-3-4-9-26(25)29/h3-4,8-13,22H,2,5-7,14-21H2,1H3,(H,30,32). The van der Waals surface area contributed by atoms with Crippen LogP contribution in [0.25, 0.3) is 0 Å². The number of benzene rings is 2. The number of nitrogens with zero attached hydrogens (tertiary/aromatic N) is 1. The molecule has 0 radical (unpaired) electrons. The highest BCUT2D eigenvalue weighted by Gasteiger charge is 2.42. The zero-order valence-corrected chi connectivity index (χ0v) is 19.8. The highest BCUT2D eigenvalue weighted by molar-refractivity contribution is 5.99. The average Bonchev–Trinajstić information content (AvgIpc) is 2.84. The lowest BCUT2D eigenvalue weighted by molar-refractivity contribution is -0.122. The van der Waals surface area contributed by atoms with Gasteiger partial charge >= 0.3 is 0 Å². The van der Waals surface area contributed by atoms with E-state index < -0.39 is 5.41 Å². The lowest BCUT2D eigenvalue weighted by Gasteiger charge is -2.36. The van der Waals surface area contributed by atoms with Crippen molar-refractivity contribution in [2.45, 2.75) is 63.7 Å². The van der Waals surface area contributed by atoms with Gasteiger partial charge in [0.2, 0.25) is 5.91 Å². The van der Waals surface area contributed by atoms with E-state index in [1.807, 2.05) is 30.3 Å². The second kappa shape index (κ2) is 11.1. The van der Waals surface area contributed by atoms with Gasteiger partial charge in [0.25, 0.3) is 0 Å². The number of hydrogen-bond acceptors (Lipinski definition) is 3. The lowest BCUT2D eigenvalue weighted by atomic mass is 9.68. The Hall–Kier alpha value is -2.40. The Bertz CT molecular complexity index is 900. The van der Waals surface area contributed by atoms with Gasteiger partial charge in [-0.2, -0.15) is 0 Å². The van der Waals surface area contributed by atoms with Crippen molar-refractivity contribution in [2.24, 2.45) is 5.92 Å². The third-order valence-electron chi connectivity index (χ3n) is 7.41. The van der Waals surface area contributed by atoms with E-state index in [-0.39, 0.29) is 11.7 Å². The molecule has 2 fully saturated rings. The van der Waals surface area contributed by atoms with E-state index >= 15 is 0 Å². The van der Waals surface area contributed by atoms with Crippen LogP contribution < -0.4 is 10.1 Å². The number of halogens is 1. The van der Waals surface area contributed by atoms with Crippen LogP contribution in [0.15, 0.2) is 48.5 Å². The molecule has 0 atom stereocenters. The summed E-state index contributed by atoms with van der Waals surface area (Å²) >= 11 is 0. The summed E-state index contributed by atoms with van der Waals surface area (Å²) in [6, 6.07) is 14.3. The van der Waals surface area contributed by atoms with Crippen molar-refractivity contribution in [2.75, 3.05) is 31.6 Å². The minimum absolute atomic E-state index is 0.114. The van der Waals surface area contributed by atoms with Crippen LogP contribution in [0.1, 0.15) is 63.9 Å². The fourth-order valence-corrected chi connectivity index (χ4v) is 5.27. The second-order valence-electron chi connectivity index (χ2n) is 9.83. The van der Waals surface area contributed by atoms with Crippen LogP contribution in [-0.4, -0.2) is 37.0 Å². The Morgan fingerprint density at radius 1 is 1.06 bits per heavy atom. The minimum atomic E-state index is -0.801. The second-order valence-corrected chi connectivity index (χ2v) is 9.83. The Morgan fingerprint density at radius 3 is 2.45 bits per heavy atom. The first-order valence-corrected chi connectivity index (χ1v) is 12.6. The van der Waals surface area contributed by atoms with Crippen molar-refractivity contribution >= 4 is 11.6 Å². The molecular formula is C28H37FN2O2. The van der Waals surface area contributed by atoms with Gasteiger partial charge in [0.05, 0.1) is 12.0 Å². The van der Waals surface area contributed by atoms with Crippen LogP contribution in [0, 0.1) is 11.7 Å². The monoisotopic (exact) mass is 452 g/mol. The van der Waals surface area contributed by atoms with Gasteiger partial charge in [-0.1, -0.05) is 44.4 Å². The predicted molar refractivity (Wildman–Crippen MR) is 131 cm³/mol. The maximum absolute atomic E-state index is 14.7. The number of rotatable bonds is 8. The van der Waals surface area contributed by atoms with Gasteiger partial charge in [0.15, 0.2) is 0 Å². The highest BCUT2D eigenvalue weighted by Crippen LogP contribution is 2.41. The van der Waals surface area contributed by atoms with E-state index in [1.54, 1.807) is 12.1 Å². The zero-order chi connectivity index (χ0) is 23.1. The van der Waals surface area contributed by atoms with E-state index in [0.717, 1.165) is 49.6 Å². The van der Waals surface area contributed by atoms with Crippen molar-refractivity contribution in [3.05, 3.63) is 59.9 Å². The molecule has 1 N–H and O–H groups in total. The van der Waals surface area contributed by atoms with Crippen molar-refractivity contribution in [3.63, 3.8) is 0 Å². The molecule has 2 aromatic carbocycles. The van der Waals surface area contributed by atoms with Crippen molar-refractivity contribution in [3.8, 4) is 5.75 Å². The highest BCUT2D eigenvalue weighted by atomic mass is 19.1. The molecule has 1 amide bonds. The van der Waals surface area contributed by atoms with E-state index in [0.29, 0.717) is 25.0 Å². The quantitative estimate of drug-likeness (QED) is 0.487. The van der Waals surface area contributed by atoms with Crippen LogP contribution in [-0.2, 0) is 10.2 Å². The average molecular weight is 453 g/mol. The van der Waals surface area contributed by atoms with Crippen molar-refractivity contribution in [1.82, 2.24) is 4.90 Å². The van der Waals surface area contributed by atoms with E-state index in [1.165, 1.54) is 32.0 Å². The fourth-order valence-electron chi connectivity index (χ4n) is 5.27. The number of carbonyl (C=O) groups is 1. The summed E-state index contributed by atoms with van der Waals surface area (Å²) in [5, 5.41) is 3.05. The Morgan fingerprint density at radius 2 is 1.76 bits per heavy atom. The summed E-state index contributed by atoms with van der Waals surface area (Å²) < 4.78 is 20.6. The maximum atomic E-state index is 14.7. The number of carbonyl (C=O) groups excluding carboxylic acids is 1. The summed E-state index contributed by atoms with van der Waals surface area (Å²) in [5.74, 6) is 1.26. The van der Waals surface area contributed by atoms with Gasteiger partial charge in [0.1, 0.15) is 11.6 Å². The minimum Gasteiger partial charge on any atom is -0.494 e. The summed E-state index contributed by atoms with van der Waals surface area (Å²) in [6.07, 6.45) is 7.92. The largest absolute Gasteiger partial charge is 0.494 e. The molecule has 2 aromatic rings. The molecule has 178 valence electrons. The smallest absolute Gasteiger partial charge is 0.235 e. The summed E-state index contributed by atoms with van der Waals surface area (Å²) in [5.41, 5.74) is 0.437. The summed E-state index contributed by atoms with van der Waals surface area (Å²) in [4.78, 5) is 15.9. The molecule has 0 bridgehead atoms. The molecule has 0 unspecified atom stereocenters. The molecule has 33 heavy (non-hydrogen) atoms. The fraction of sp³-hybridized carbons (Fsp3) is 0.536. The number of hydrogen-bond donors (Lipinski definition) is 1. The van der Waals surface area contributed by atoms with Crippen molar-refractivity contribution < 1.29 is 13.9 Å². The van der Waals surface area contributed by atoms with Gasteiger partial charge in [-0.05, 0) is 81.4 Å². The number of anilines is 1. The van der Waals surface area contributed by atoms with Gasteiger partial charge in [-0.15, -0.1) is 0 Å². The molecule has 1 heterocycles. The molecule has 0 aromatic heterocycles. The topological polar surface area (TPSA) is 41.6 Å². The summed E-state index contributed by atoms with van der Waals surface area (Å²) in [6.45, 7) is 6.50. The van der Waals surface area contributed by atoms with Crippen LogP contribution >= 0.6 is 0 Å². The molecule has 1 saturated heterocycles. The molecule has 1 saturated carbocycles. The van der Waals surface area contributed by atoms with Crippen molar-refractivity contribution in [1.29, 1.82) is 0 Å². The van der Waals surface area contributed by atoms with E-state index in [9.17, 15) is 9.18 Å². The maximum Gasteiger partial charge on any atom is 0.235 e. The Balaban J connectivity index is 1.31. The molecule has 1 aliphatic heterocycles. The predicted octanol–water partition coefficient (Wildman–Crippen LogP) is 6.17. The van der Waals surface area contributed by atoms with Crippen LogP contribution in [0.4, 0.5) is 10.1 Å². The number of nitrogens with one attached hydrogen (secondary N) is 1. The number of piperidine rings is 1. The first-order valence-electron chi connectivity index (χ1n) is 12.6. The SMILES string of the molecule is CC1CCN(CCCOc2ccc(NC(=O)C3(c4ccccc4F)CCCCC3)cc2)CC1. The number of amides is 1. The van der Waals surface area contributed by atoms with Crippen LogP contribution in [0.2, 0.25) is 0 Å². The van der Waals surface area contributed by atoms with Gasteiger partial charge < -0.3 is 15.0 Å². The molecule has 2 aliphatic rings. The molecule has 0 spiro atoms. The Kier molecular flexibility index (Phi) is 8.02. The van der Waals surface area contributed by atoms with Gasteiger partial charge in [-0.3, -0.25) is 4.79 Å². The Labute approximate surface area is 197 Å². The molecule has 4 rings (SSSR count). The molecule has 4 nitrogen and oxygen atoms in total. The zero-order valence-electron chi connectivity index (χ0n) is 19.8. The van der Waals surface area contributed by atoms with Gasteiger partial charge in [-0.25, -0.2) is 4.39 Å². The lowest BCUT2D eigenvalue weighted by Crippen LogP contribution is -2.42. The van der Waals surface area contributed by atoms with E-state index in [2.05, 4.69) is 17.1 Å². The van der Waals surface area contributed by atoms with E-state index in [4.69, 9.17) is 4.74 Å². The van der Waals surface area contributed by atoms with Gasteiger partial charge in [0, 0.05) is 17.8 Å². The first-order chi connectivity index (χ1) is 16.1. The number of ether oxygens (including phenoxy) is 1. The number of likely N-dealkylation sites (tertiary alicyclic amines) is 1. The summed E-state index contributed by atoms with van der Waals surface area (Å²) in [7, 11) is 0. The first kappa shape index (κ1) is 23.7. The van der Waals surface area contributed by atoms with Crippen LogP contribution in [0.5, 0.6) is 5.75 Å². The normalized spacial score (nSPS) is 19.2. The van der Waals surface area contributed by atoms with Crippen LogP contribution in [0.3, 0.4) is 0 Å². The third kappa shape index (κ3) is 5.94. The molecular weight excluding hydrogens is 415 g/mol. The third-order valence-corrected chi connectivity index (χ3v) is 7.41.